The maximum atomic E-state index is 10.2. The second-order valence-electron chi connectivity index (χ2n) is 8.17. The highest BCUT2D eigenvalue weighted by molar-refractivity contribution is 5.75. The van der Waals surface area contributed by atoms with Crippen LogP contribution in [0, 0.1) is 0 Å². The van der Waals surface area contributed by atoms with Gasteiger partial charge in [-0.1, -0.05) is 32.0 Å². The van der Waals surface area contributed by atoms with E-state index in [0.717, 1.165) is 56.3 Å². The number of benzene rings is 1. The molecule has 1 aliphatic rings. The number of hydrogen-bond acceptors (Lipinski definition) is 7. The molecule has 32 heavy (non-hydrogen) atoms. The first-order chi connectivity index (χ1) is 15.6. The van der Waals surface area contributed by atoms with E-state index in [1.807, 2.05) is 31.4 Å². The van der Waals surface area contributed by atoms with E-state index in [2.05, 4.69) is 51.3 Å². The normalized spacial score (nSPS) is 14.1. The number of nitrogens with one attached hydrogen (secondary N) is 1. The van der Waals surface area contributed by atoms with E-state index in [9.17, 15) is 5.11 Å². The Balaban J connectivity index is 1.49. The number of piperazine rings is 1. The third-order valence-electron chi connectivity index (χ3n) is 6.36. The van der Waals surface area contributed by atoms with Crippen molar-refractivity contribution < 1.29 is 5.11 Å². The second kappa shape index (κ2) is 9.85. The Morgan fingerprint density at radius 3 is 2.31 bits per heavy atom. The molecule has 7 heteroatoms. The topological polar surface area (TPSA) is 77.4 Å². The smallest absolute Gasteiger partial charge is 0.172 e. The lowest BCUT2D eigenvalue weighted by atomic mass is 9.95. The summed E-state index contributed by atoms with van der Waals surface area (Å²) in [5.74, 6) is 2.57. The molecule has 3 aromatic rings. The molecule has 7 nitrogen and oxygen atoms in total. The van der Waals surface area contributed by atoms with E-state index >= 15 is 0 Å². The minimum atomic E-state index is 0.206. The SMILES string of the molecule is CCC(CC)c1ccc(N2CCN(c3cc(-c4ccccc4O)nnc3NC)CC2)nc1. The van der Waals surface area contributed by atoms with Gasteiger partial charge < -0.3 is 20.2 Å². The summed E-state index contributed by atoms with van der Waals surface area (Å²) in [6.45, 7) is 7.95. The van der Waals surface area contributed by atoms with Crippen LogP contribution in [0.1, 0.15) is 38.2 Å². The Morgan fingerprint density at radius 2 is 1.69 bits per heavy atom. The second-order valence-corrected chi connectivity index (χ2v) is 8.17. The van der Waals surface area contributed by atoms with Crippen LogP contribution in [0.25, 0.3) is 11.3 Å². The number of phenols is 1. The summed E-state index contributed by atoms with van der Waals surface area (Å²) in [5, 5.41) is 22.1. The van der Waals surface area contributed by atoms with E-state index in [1.54, 1.807) is 12.1 Å². The Kier molecular flexibility index (Phi) is 6.73. The highest BCUT2D eigenvalue weighted by atomic mass is 16.3. The predicted octanol–water partition coefficient (Wildman–Crippen LogP) is 4.52. The summed E-state index contributed by atoms with van der Waals surface area (Å²) >= 11 is 0. The van der Waals surface area contributed by atoms with E-state index in [0.29, 0.717) is 17.2 Å². The lowest BCUT2D eigenvalue weighted by molar-refractivity contribution is 0.477. The molecule has 0 atom stereocenters. The summed E-state index contributed by atoms with van der Waals surface area (Å²) in [6, 6.07) is 13.6. The van der Waals surface area contributed by atoms with Crippen LogP contribution in [-0.2, 0) is 0 Å². The van der Waals surface area contributed by atoms with Crippen molar-refractivity contribution in [1.82, 2.24) is 15.2 Å². The van der Waals surface area contributed by atoms with Crippen LogP contribution < -0.4 is 15.1 Å². The maximum absolute atomic E-state index is 10.2. The summed E-state index contributed by atoms with van der Waals surface area (Å²) in [5.41, 5.74) is 3.68. The van der Waals surface area contributed by atoms with Crippen molar-refractivity contribution in [3.63, 3.8) is 0 Å². The highest BCUT2D eigenvalue weighted by Crippen LogP contribution is 2.33. The fourth-order valence-corrected chi connectivity index (χ4v) is 4.39. The third-order valence-corrected chi connectivity index (χ3v) is 6.36. The molecule has 0 aliphatic carbocycles. The molecule has 3 heterocycles. The summed E-state index contributed by atoms with van der Waals surface area (Å²) in [6.07, 6.45) is 4.34. The van der Waals surface area contributed by atoms with Crippen molar-refractivity contribution in [2.24, 2.45) is 0 Å². The van der Waals surface area contributed by atoms with Crippen LogP contribution in [0.3, 0.4) is 0 Å². The van der Waals surface area contributed by atoms with Gasteiger partial charge in [0, 0.05) is 45.0 Å². The Bertz CT molecular complexity index is 1030. The molecular weight excluding hydrogens is 400 g/mol. The molecule has 1 aromatic carbocycles. The average Bonchev–Trinajstić information content (AvgIpc) is 2.85. The molecular formula is C25H32N6O. The fraction of sp³-hybridized carbons (Fsp3) is 0.400. The minimum absolute atomic E-state index is 0.206. The first-order valence-electron chi connectivity index (χ1n) is 11.4. The molecule has 0 unspecified atom stereocenters. The van der Waals surface area contributed by atoms with Crippen LogP contribution in [0.15, 0.2) is 48.7 Å². The lowest BCUT2D eigenvalue weighted by Crippen LogP contribution is -2.47. The molecule has 4 rings (SSSR count). The number of aromatic hydroxyl groups is 1. The van der Waals surface area contributed by atoms with Gasteiger partial charge in [0.05, 0.1) is 11.4 Å². The Hall–Kier alpha value is -3.35. The van der Waals surface area contributed by atoms with Crippen LogP contribution in [0.5, 0.6) is 5.75 Å². The van der Waals surface area contributed by atoms with Gasteiger partial charge in [-0.25, -0.2) is 4.98 Å². The number of aromatic nitrogens is 3. The quantitative estimate of drug-likeness (QED) is 0.568. The summed E-state index contributed by atoms with van der Waals surface area (Å²) in [7, 11) is 1.86. The zero-order valence-corrected chi connectivity index (χ0v) is 19.1. The average molecular weight is 433 g/mol. The molecule has 0 radical (unpaired) electrons. The molecule has 1 fully saturated rings. The van der Waals surface area contributed by atoms with Crippen LogP contribution >= 0.6 is 0 Å². The predicted molar refractivity (Wildman–Crippen MR) is 131 cm³/mol. The highest BCUT2D eigenvalue weighted by Gasteiger charge is 2.22. The first-order valence-corrected chi connectivity index (χ1v) is 11.4. The molecule has 1 aliphatic heterocycles. The molecule has 168 valence electrons. The molecule has 0 spiro atoms. The summed E-state index contributed by atoms with van der Waals surface area (Å²) < 4.78 is 0. The molecule has 1 saturated heterocycles. The Morgan fingerprint density at radius 1 is 0.969 bits per heavy atom. The molecule has 2 aromatic heterocycles. The number of phenolic OH excluding ortho intramolecular Hbond substituents is 1. The van der Waals surface area contributed by atoms with E-state index in [1.165, 1.54) is 5.56 Å². The number of para-hydroxylation sites is 1. The van der Waals surface area contributed by atoms with Crippen molar-refractivity contribution in [1.29, 1.82) is 0 Å². The van der Waals surface area contributed by atoms with E-state index < -0.39 is 0 Å². The van der Waals surface area contributed by atoms with Crippen molar-refractivity contribution >= 4 is 17.3 Å². The standard InChI is InChI=1S/C25H32N6O/c1-4-18(5-2)19-10-11-24(27-17-19)31-14-12-30(13-15-31)22-16-21(28-29-25(22)26-3)20-8-6-7-9-23(20)32/h6-11,16-18,32H,4-5,12-15H2,1-3H3,(H,26,29). The van der Waals surface area contributed by atoms with Gasteiger partial charge in [0.1, 0.15) is 11.6 Å². The van der Waals surface area contributed by atoms with E-state index in [-0.39, 0.29) is 5.75 Å². The fourth-order valence-electron chi connectivity index (χ4n) is 4.39. The molecule has 0 saturated carbocycles. The molecule has 0 bridgehead atoms. The number of rotatable bonds is 7. The Labute approximate surface area is 190 Å². The third kappa shape index (κ3) is 4.47. The van der Waals surface area contributed by atoms with Crippen LogP contribution in [0.4, 0.5) is 17.3 Å². The number of hydrogen-bond donors (Lipinski definition) is 2. The number of nitrogens with zero attached hydrogens (tertiary/aromatic N) is 5. The van der Waals surface area contributed by atoms with Gasteiger partial charge in [0.25, 0.3) is 0 Å². The van der Waals surface area contributed by atoms with Crippen molar-refractivity contribution in [3.8, 4) is 17.0 Å². The largest absolute Gasteiger partial charge is 0.507 e. The maximum Gasteiger partial charge on any atom is 0.172 e. The zero-order valence-electron chi connectivity index (χ0n) is 19.1. The molecule has 0 amide bonds. The minimum Gasteiger partial charge on any atom is -0.507 e. The van der Waals surface area contributed by atoms with Gasteiger partial charge in [0.2, 0.25) is 0 Å². The first kappa shape index (κ1) is 21.9. The lowest BCUT2D eigenvalue weighted by Gasteiger charge is -2.37. The molecule has 2 N–H and O–H groups in total. The summed E-state index contributed by atoms with van der Waals surface area (Å²) in [4.78, 5) is 9.42. The monoisotopic (exact) mass is 432 g/mol. The van der Waals surface area contributed by atoms with Gasteiger partial charge in [-0.2, -0.15) is 0 Å². The van der Waals surface area contributed by atoms with Gasteiger partial charge in [0.15, 0.2) is 5.82 Å². The van der Waals surface area contributed by atoms with Crippen molar-refractivity contribution in [2.45, 2.75) is 32.6 Å². The van der Waals surface area contributed by atoms with E-state index in [4.69, 9.17) is 4.98 Å². The van der Waals surface area contributed by atoms with Crippen LogP contribution in [-0.4, -0.2) is 53.5 Å². The van der Waals surface area contributed by atoms with Gasteiger partial charge in [-0.05, 0) is 48.6 Å². The van der Waals surface area contributed by atoms with Gasteiger partial charge in [-0.3, -0.25) is 0 Å². The van der Waals surface area contributed by atoms with Crippen molar-refractivity contribution in [3.05, 3.63) is 54.2 Å². The van der Waals surface area contributed by atoms with Gasteiger partial charge in [-0.15, -0.1) is 10.2 Å². The number of pyridine rings is 1. The zero-order chi connectivity index (χ0) is 22.5. The number of anilines is 3. The van der Waals surface area contributed by atoms with Crippen LogP contribution in [0.2, 0.25) is 0 Å². The van der Waals surface area contributed by atoms with Gasteiger partial charge >= 0.3 is 0 Å². The van der Waals surface area contributed by atoms with Crippen molar-refractivity contribution in [2.75, 3.05) is 48.3 Å².